The minimum absolute atomic E-state index is 0.215. The lowest BCUT2D eigenvalue weighted by Gasteiger charge is -2.06. The summed E-state index contributed by atoms with van der Waals surface area (Å²) in [5.74, 6) is 0. The second-order valence-corrected chi connectivity index (χ2v) is 2.24. The van der Waals surface area contributed by atoms with Crippen molar-refractivity contribution in [1.29, 1.82) is 0 Å². The molecule has 0 saturated heterocycles. The molecular formula is C6H9NO3. The monoisotopic (exact) mass is 143 g/mol. The molecule has 4 nitrogen and oxygen atoms in total. The summed E-state index contributed by atoms with van der Waals surface area (Å²) >= 11 is 0. The standard InChI is InChI=1S/C6H9NO3/c8-5-2-1-4(3-5)7-6(9)10/h1-2,4-5,7-8H,3H2,(H,9,10). The average Bonchev–Trinajstić information content (AvgIpc) is 2.13. The van der Waals surface area contributed by atoms with E-state index in [4.69, 9.17) is 10.2 Å². The second kappa shape index (κ2) is 2.70. The van der Waals surface area contributed by atoms with Crippen molar-refractivity contribution in [2.45, 2.75) is 18.6 Å². The Labute approximate surface area is 58.2 Å². The minimum atomic E-state index is -1.05. The maximum absolute atomic E-state index is 10.0. The van der Waals surface area contributed by atoms with E-state index in [1.165, 1.54) is 0 Å². The summed E-state index contributed by atoms with van der Waals surface area (Å²) in [4.78, 5) is 10.0. The lowest BCUT2D eigenvalue weighted by molar-refractivity contribution is 0.184. The number of aliphatic hydroxyl groups is 1. The van der Waals surface area contributed by atoms with E-state index in [0.29, 0.717) is 6.42 Å². The summed E-state index contributed by atoms with van der Waals surface area (Å²) < 4.78 is 0. The molecule has 0 aromatic carbocycles. The summed E-state index contributed by atoms with van der Waals surface area (Å²) in [5, 5.41) is 19.4. The van der Waals surface area contributed by atoms with Gasteiger partial charge in [-0.2, -0.15) is 0 Å². The van der Waals surface area contributed by atoms with E-state index in [-0.39, 0.29) is 6.04 Å². The van der Waals surface area contributed by atoms with Crippen molar-refractivity contribution < 1.29 is 15.0 Å². The first-order chi connectivity index (χ1) is 4.68. The maximum Gasteiger partial charge on any atom is 0.405 e. The third kappa shape index (κ3) is 1.73. The Morgan fingerprint density at radius 1 is 1.60 bits per heavy atom. The molecule has 0 heterocycles. The van der Waals surface area contributed by atoms with Gasteiger partial charge in [0, 0.05) is 6.42 Å². The molecule has 56 valence electrons. The molecule has 1 amide bonds. The first-order valence-electron chi connectivity index (χ1n) is 3.04. The smallest absolute Gasteiger partial charge is 0.405 e. The molecule has 0 bridgehead atoms. The number of aliphatic hydroxyl groups excluding tert-OH is 1. The number of hydrogen-bond donors (Lipinski definition) is 3. The zero-order valence-electron chi connectivity index (χ0n) is 5.32. The molecule has 0 spiro atoms. The van der Waals surface area contributed by atoms with Crippen LogP contribution in [0.4, 0.5) is 4.79 Å². The molecule has 0 aliphatic heterocycles. The molecule has 1 aliphatic carbocycles. The Bertz CT molecular complexity index is 166. The highest BCUT2D eigenvalue weighted by molar-refractivity contribution is 5.65. The molecule has 1 rings (SSSR count). The van der Waals surface area contributed by atoms with Crippen molar-refractivity contribution >= 4 is 6.09 Å². The van der Waals surface area contributed by atoms with Crippen molar-refractivity contribution in [3.05, 3.63) is 12.2 Å². The highest BCUT2D eigenvalue weighted by Gasteiger charge is 2.17. The van der Waals surface area contributed by atoms with Gasteiger partial charge in [0.05, 0.1) is 12.1 Å². The van der Waals surface area contributed by atoms with Gasteiger partial charge in [-0.3, -0.25) is 0 Å². The summed E-state index contributed by atoms with van der Waals surface area (Å²) in [5.41, 5.74) is 0. The SMILES string of the molecule is O=C(O)NC1C=CC(O)C1. The van der Waals surface area contributed by atoms with Crippen molar-refractivity contribution in [3.63, 3.8) is 0 Å². The molecule has 0 aromatic rings. The molecule has 0 fully saturated rings. The Hall–Kier alpha value is -1.03. The van der Waals surface area contributed by atoms with Gasteiger partial charge >= 0.3 is 6.09 Å². The highest BCUT2D eigenvalue weighted by atomic mass is 16.4. The van der Waals surface area contributed by atoms with Gasteiger partial charge in [-0.1, -0.05) is 12.2 Å². The first-order valence-corrected chi connectivity index (χ1v) is 3.04. The van der Waals surface area contributed by atoms with Crippen LogP contribution in [0, 0.1) is 0 Å². The molecule has 0 radical (unpaired) electrons. The quantitative estimate of drug-likeness (QED) is 0.450. The molecule has 0 saturated carbocycles. The number of carbonyl (C=O) groups is 1. The summed E-state index contributed by atoms with van der Waals surface area (Å²) in [6.45, 7) is 0. The molecule has 4 heteroatoms. The van der Waals surface area contributed by atoms with Gasteiger partial charge in [0.1, 0.15) is 0 Å². The van der Waals surface area contributed by atoms with Gasteiger partial charge in [0.15, 0.2) is 0 Å². The fourth-order valence-corrected chi connectivity index (χ4v) is 0.945. The number of carboxylic acid groups (broad SMARTS) is 1. The molecule has 10 heavy (non-hydrogen) atoms. The molecule has 0 aromatic heterocycles. The van der Waals surface area contributed by atoms with Gasteiger partial charge < -0.3 is 15.5 Å². The van der Waals surface area contributed by atoms with Crippen LogP contribution >= 0.6 is 0 Å². The Kier molecular flexibility index (Phi) is 1.91. The van der Waals surface area contributed by atoms with E-state index in [1.807, 2.05) is 0 Å². The van der Waals surface area contributed by atoms with Gasteiger partial charge in [0.25, 0.3) is 0 Å². The van der Waals surface area contributed by atoms with Crippen LogP contribution in [0.1, 0.15) is 6.42 Å². The Morgan fingerprint density at radius 3 is 2.70 bits per heavy atom. The van der Waals surface area contributed by atoms with Crippen molar-refractivity contribution in [2.24, 2.45) is 0 Å². The van der Waals surface area contributed by atoms with Crippen LogP contribution in [0.5, 0.6) is 0 Å². The topological polar surface area (TPSA) is 69.6 Å². The van der Waals surface area contributed by atoms with Crippen LogP contribution in [-0.4, -0.2) is 28.5 Å². The third-order valence-corrected chi connectivity index (χ3v) is 1.37. The molecular weight excluding hydrogens is 134 g/mol. The van der Waals surface area contributed by atoms with Gasteiger partial charge in [0.2, 0.25) is 0 Å². The number of amides is 1. The molecule has 2 atom stereocenters. The number of nitrogens with one attached hydrogen (secondary N) is 1. The normalized spacial score (nSPS) is 30.5. The van der Waals surface area contributed by atoms with E-state index in [1.54, 1.807) is 12.2 Å². The zero-order chi connectivity index (χ0) is 7.56. The highest BCUT2D eigenvalue weighted by Crippen LogP contribution is 2.09. The maximum atomic E-state index is 10.0. The van der Waals surface area contributed by atoms with Crippen molar-refractivity contribution in [1.82, 2.24) is 5.32 Å². The van der Waals surface area contributed by atoms with E-state index in [9.17, 15) is 4.79 Å². The zero-order valence-corrected chi connectivity index (χ0v) is 5.32. The Morgan fingerprint density at radius 2 is 2.30 bits per heavy atom. The predicted molar refractivity (Wildman–Crippen MR) is 34.7 cm³/mol. The number of rotatable bonds is 1. The minimum Gasteiger partial charge on any atom is -0.465 e. The van der Waals surface area contributed by atoms with Crippen LogP contribution in [0.2, 0.25) is 0 Å². The molecule has 2 unspecified atom stereocenters. The number of hydrogen-bond acceptors (Lipinski definition) is 2. The fraction of sp³-hybridized carbons (Fsp3) is 0.500. The van der Waals surface area contributed by atoms with E-state index in [2.05, 4.69) is 5.32 Å². The Balaban J connectivity index is 2.33. The summed E-state index contributed by atoms with van der Waals surface area (Å²) in [7, 11) is 0. The third-order valence-electron chi connectivity index (χ3n) is 1.37. The van der Waals surface area contributed by atoms with Gasteiger partial charge in [-0.15, -0.1) is 0 Å². The fourth-order valence-electron chi connectivity index (χ4n) is 0.945. The lowest BCUT2D eigenvalue weighted by Crippen LogP contribution is -2.31. The van der Waals surface area contributed by atoms with Crippen LogP contribution < -0.4 is 5.32 Å². The van der Waals surface area contributed by atoms with Crippen LogP contribution in [-0.2, 0) is 0 Å². The van der Waals surface area contributed by atoms with Crippen molar-refractivity contribution in [3.8, 4) is 0 Å². The van der Waals surface area contributed by atoms with E-state index < -0.39 is 12.2 Å². The summed E-state index contributed by atoms with van der Waals surface area (Å²) in [6, 6.07) is -0.215. The van der Waals surface area contributed by atoms with Gasteiger partial charge in [-0.25, -0.2) is 4.79 Å². The van der Waals surface area contributed by atoms with E-state index >= 15 is 0 Å². The average molecular weight is 143 g/mol. The molecule has 3 N–H and O–H groups in total. The van der Waals surface area contributed by atoms with Crippen LogP contribution in [0.3, 0.4) is 0 Å². The van der Waals surface area contributed by atoms with Crippen molar-refractivity contribution in [2.75, 3.05) is 0 Å². The second-order valence-electron chi connectivity index (χ2n) is 2.24. The van der Waals surface area contributed by atoms with Gasteiger partial charge in [-0.05, 0) is 0 Å². The van der Waals surface area contributed by atoms with E-state index in [0.717, 1.165) is 0 Å². The lowest BCUT2D eigenvalue weighted by atomic mass is 10.2. The molecule has 1 aliphatic rings. The van der Waals surface area contributed by atoms with Crippen LogP contribution in [0.25, 0.3) is 0 Å². The summed E-state index contributed by atoms with van der Waals surface area (Å²) in [6.07, 6.45) is 2.15. The first kappa shape index (κ1) is 7.08. The predicted octanol–water partition coefficient (Wildman–Crippen LogP) is -0.0566. The largest absolute Gasteiger partial charge is 0.465 e. The van der Waals surface area contributed by atoms with Crippen LogP contribution in [0.15, 0.2) is 12.2 Å².